The molecule has 1 heterocycles. The average Bonchev–Trinajstić information content (AvgIpc) is 2.75. The van der Waals surface area contributed by atoms with Gasteiger partial charge in [-0.25, -0.2) is 0 Å². The highest BCUT2D eigenvalue weighted by Crippen LogP contribution is 2.28. The number of carboxylic acid groups (broad SMARTS) is 1. The van der Waals surface area contributed by atoms with Gasteiger partial charge in [-0.05, 0) is 37.3 Å². The van der Waals surface area contributed by atoms with Crippen molar-refractivity contribution in [2.75, 3.05) is 18.0 Å². The fourth-order valence-electron chi connectivity index (χ4n) is 2.53. The maximum absolute atomic E-state index is 10.5. The quantitative estimate of drug-likeness (QED) is 0.869. The number of carboxylic acids is 1. The molecule has 1 N–H and O–H groups in total. The summed E-state index contributed by atoms with van der Waals surface area (Å²) in [6, 6.07) is 8.39. The van der Waals surface area contributed by atoms with E-state index in [0.717, 1.165) is 25.9 Å². The molecule has 0 saturated carbocycles. The largest absolute Gasteiger partial charge is 0.481 e. The van der Waals surface area contributed by atoms with E-state index in [0.29, 0.717) is 12.3 Å². The molecule has 1 saturated heterocycles. The van der Waals surface area contributed by atoms with Crippen molar-refractivity contribution in [1.82, 2.24) is 0 Å². The van der Waals surface area contributed by atoms with E-state index in [9.17, 15) is 4.79 Å². The van der Waals surface area contributed by atoms with Crippen LogP contribution in [0.5, 0.6) is 0 Å². The SMILES string of the molecule is Cc1ccccc1N1CCC(CCC(=O)O)C1. The minimum absolute atomic E-state index is 0.298. The number of benzene rings is 1. The highest BCUT2D eigenvalue weighted by molar-refractivity contribution is 5.66. The Kier molecular flexibility index (Phi) is 3.67. The summed E-state index contributed by atoms with van der Waals surface area (Å²) >= 11 is 0. The van der Waals surface area contributed by atoms with Crippen LogP contribution in [0.1, 0.15) is 24.8 Å². The van der Waals surface area contributed by atoms with Crippen LogP contribution in [-0.4, -0.2) is 24.2 Å². The molecule has 1 aliphatic heterocycles. The summed E-state index contributed by atoms with van der Waals surface area (Å²) in [4.78, 5) is 12.9. The number of aliphatic carboxylic acids is 1. The molecule has 0 aliphatic carbocycles. The van der Waals surface area contributed by atoms with Crippen LogP contribution in [0.25, 0.3) is 0 Å². The first-order chi connectivity index (χ1) is 8.16. The zero-order chi connectivity index (χ0) is 12.3. The Hall–Kier alpha value is -1.51. The molecule has 0 amide bonds. The highest BCUT2D eigenvalue weighted by Gasteiger charge is 2.23. The van der Waals surface area contributed by atoms with Crippen molar-refractivity contribution in [1.29, 1.82) is 0 Å². The minimum atomic E-state index is -0.681. The lowest BCUT2D eigenvalue weighted by molar-refractivity contribution is -0.137. The van der Waals surface area contributed by atoms with Gasteiger partial charge in [0.15, 0.2) is 0 Å². The van der Waals surface area contributed by atoms with E-state index in [1.807, 2.05) is 0 Å². The second-order valence-corrected chi connectivity index (χ2v) is 4.82. The summed E-state index contributed by atoms with van der Waals surface area (Å²) in [5.41, 5.74) is 2.59. The molecule has 17 heavy (non-hydrogen) atoms. The zero-order valence-electron chi connectivity index (χ0n) is 10.2. The second kappa shape index (κ2) is 5.21. The van der Waals surface area contributed by atoms with Crippen molar-refractivity contribution in [3.05, 3.63) is 29.8 Å². The number of para-hydroxylation sites is 1. The van der Waals surface area contributed by atoms with Crippen molar-refractivity contribution in [3.63, 3.8) is 0 Å². The minimum Gasteiger partial charge on any atom is -0.481 e. The molecule has 1 fully saturated rings. The van der Waals surface area contributed by atoms with E-state index in [-0.39, 0.29) is 0 Å². The number of aryl methyl sites for hydroxylation is 1. The van der Waals surface area contributed by atoms with Crippen molar-refractivity contribution >= 4 is 11.7 Å². The highest BCUT2D eigenvalue weighted by atomic mass is 16.4. The van der Waals surface area contributed by atoms with Crippen LogP contribution in [-0.2, 0) is 4.79 Å². The van der Waals surface area contributed by atoms with Crippen LogP contribution < -0.4 is 4.90 Å². The van der Waals surface area contributed by atoms with Crippen LogP contribution in [0.4, 0.5) is 5.69 Å². The zero-order valence-corrected chi connectivity index (χ0v) is 10.2. The first-order valence-corrected chi connectivity index (χ1v) is 6.19. The lowest BCUT2D eigenvalue weighted by Crippen LogP contribution is -2.20. The summed E-state index contributed by atoms with van der Waals surface area (Å²) in [5.74, 6) is -0.148. The molecule has 3 heteroatoms. The number of hydrogen-bond acceptors (Lipinski definition) is 2. The number of carbonyl (C=O) groups is 1. The topological polar surface area (TPSA) is 40.5 Å². The van der Waals surface area contributed by atoms with Gasteiger partial charge in [0.25, 0.3) is 0 Å². The molecule has 0 spiro atoms. The van der Waals surface area contributed by atoms with E-state index < -0.39 is 5.97 Å². The van der Waals surface area contributed by atoms with Crippen LogP contribution >= 0.6 is 0 Å². The lowest BCUT2D eigenvalue weighted by atomic mass is 10.0. The molecular formula is C14H19NO2. The van der Waals surface area contributed by atoms with Crippen LogP contribution in [0.15, 0.2) is 24.3 Å². The van der Waals surface area contributed by atoms with Gasteiger partial charge < -0.3 is 10.0 Å². The first-order valence-electron chi connectivity index (χ1n) is 6.19. The van der Waals surface area contributed by atoms with Crippen molar-refractivity contribution in [2.45, 2.75) is 26.2 Å². The third-order valence-electron chi connectivity index (χ3n) is 3.51. The third kappa shape index (κ3) is 2.99. The molecule has 1 aromatic carbocycles. The van der Waals surface area contributed by atoms with Gasteiger partial charge in [0, 0.05) is 25.2 Å². The Morgan fingerprint density at radius 3 is 2.94 bits per heavy atom. The summed E-state index contributed by atoms with van der Waals surface area (Å²) in [6.45, 7) is 4.17. The molecule has 1 aliphatic rings. The molecule has 0 radical (unpaired) electrons. The lowest BCUT2D eigenvalue weighted by Gasteiger charge is -2.20. The molecular weight excluding hydrogens is 214 g/mol. The average molecular weight is 233 g/mol. The summed E-state index contributed by atoms with van der Waals surface area (Å²) in [7, 11) is 0. The smallest absolute Gasteiger partial charge is 0.303 e. The van der Waals surface area contributed by atoms with Gasteiger partial charge in [0.1, 0.15) is 0 Å². The van der Waals surface area contributed by atoms with Crippen LogP contribution in [0, 0.1) is 12.8 Å². The van der Waals surface area contributed by atoms with Crippen LogP contribution in [0.2, 0.25) is 0 Å². The molecule has 0 aromatic heterocycles. The van der Waals surface area contributed by atoms with Gasteiger partial charge >= 0.3 is 5.97 Å². The Bertz CT molecular complexity index is 403. The molecule has 92 valence electrons. The monoisotopic (exact) mass is 233 g/mol. The summed E-state index contributed by atoms with van der Waals surface area (Å²) < 4.78 is 0. The maximum Gasteiger partial charge on any atom is 0.303 e. The van der Waals surface area contributed by atoms with Gasteiger partial charge in [-0.15, -0.1) is 0 Å². The van der Waals surface area contributed by atoms with Gasteiger partial charge in [0.05, 0.1) is 0 Å². The molecule has 0 bridgehead atoms. The van der Waals surface area contributed by atoms with Crippen molar-refractivity contribution < 1.29 is 9.90 Å². The predicted molar refractivity (Wildman–Crippen MR) is 68.4 cm³/mol. The Balaban J connectivity index is 1.94. The normalized spacial score (nSPS) is 19.6. The van der Waals surface area contributed by atoms with E-state index >= 15 is 0 Å². The fourth-order valence-corrected chi connectivity index (χ4v) is 2.53. The van der Waals surface area contributed by atoms with E-state index in [4.69, 9.17) is 5.11 Å². The van der Waals surface area contributed by atoms with Crippen molar-refractivity contribution in [3.8, 4) is 0 Å². The standard InChI is InChI=1S/C14H19NO2/c1-11-4-2-3-5-13(11)15-9-8-12(10-15)6-7-14(16)17/h2-5,12H,6-10H2,1H3,(H,16,17). The fraction of sp³-hybridized carbons (Fsp3) is 0.500. The van der Waals surface area contributed by atoms with Crippen LogP contribution in [0.3, 0.4) is 0 Å². The first kappa shape index (κ1) is 12.0. The summed E-state index contributed by atoms with van der Waals surface area (Å²) in [6.07, 6.45) is 2.21. The Morgan fingerprint density at radius 2 is 2.24 bits per heavy atom. The third-order valence-corrected chi connectivity index (χ3v) is 3.51. The van der Waals surface area contributed by atoms with E-state index in [1.165, 1.54) is 11.3 Å². The van der Waals surface area contributed by atoms with Gasteiger partial charge in [-0.1, -0.05) is 18.2 Å². The molecule has 2 rings (SSSR count). The summed E-state index contributed by atoms with van der Waals surface area (Å²) in [5, 5.41) is 8.69. The number of hydrogen-bond donors (Lipinski definition) is 1. The molecule has 3 nitrogen and oxygen atoms in total. The number of nitrogens with zero attached hydrogens (tertiary/aromatic N) is 1. The predicted octanol–water partition coefficient (Wildman–Crippen LogP) is 2.69. The molecule has 1 unspecified atom stereocenters. The van der Waals surface area contributed by atoms with Crippen molar-refractivity contribution in [2.24, 2.45) is 5.92 Å². The Morgan fingerprint density at radius 1 is 1.47 bits per heavy atom. The Labute approximate surface area is 102 Å². The number of anilines is 1. The maximum atomic E-state index is 10.5. The number of rotatable bonds is 4. The van der Waals surface area contributed by atoms with Gasteiger partial charge in [0.2, 0.25) is 0 Å². The molecule has 1 atom stereocenters. The van der Waals surface area contributed by atoms with E-state index in [2.05, 4.69) is 36.1 Å². The van der Waals surface area contributed by atoms with E-state index in [1.54, 1.807) is 0 Å². The molecule has 1 aromatic rings. The van der Waals surface area contributed by atoms with Gasteiger partial charge in [-0.2, -0.15) is 0 Å². The van der Waals surface area contributed by atoms with Gasteiger partial charge in [-0.3, -0.25) is 4.79 Å². The second-order valence-electron chi connectivity index (χ2n) is 4.82.